The van der Waals surface area contributed by atoms with E-state index in [1.54, 1.807) is 11.3 Å². The number of rotatable bonds is 3. The van der Waals surface area contributed by atoms with Crippen LogP contribution < -0.4 is 5.32 Å². The number of hydrogen-bond acceptors (Lipinski definition) is 5. The van der Waals surface area contributed by atoms with Crippen LogP contribution in [0.1, 0.15) is 12.6 Å². The molecule has 2 aromatic heterocycles. The average molecular weight is 263 g/mol. The summed E-state index contributed by atoms with van der Waals surface area (Å²) in [6.07, 6.45) is 0. The minimum absolute atomic E-state index is 0.556. The summed E-state index contributed by atoms with van der Waals surface area (Å²) in [7, 11) is 0. The number of nitrogens with zero attached hydrogens (tertiary/aromatic N) is 2. The van der Waals surface area contributed by atoms with Gasteiger partial charge in [-0.05, 0) is 18.4 Å². The molecule has 0 radical (unpaired) electrons. The van der Waals surface area contributed by atoms with Crippen LogP contribution in [0.5, 0.6) is 0 Å². The molecule has 3 heterocycles. The molecule has 4 nitrogen and oxygen atoms in total. The van der Waals surface area contributed by atoms with Gasteiger partial charge < -0.3 is 9.84 Å². The van der Waals surface area contributed by atoms with Crippen molar-refractivity contribution in [1.82, 2.24) is 15.4 Å². The molecule has 0 aromatic carbocycles. The van der Waals surface area contributed by atoms with Crippen molar-refractivity contribution in [3.05, 3.63) is 29.3 Å². The van der Waals surface area contributed by atoms with E-state index in [9.17, 15) is 0 Å². The minimum Gasteiger partial charge on any atom is -0.355 e. The maximum atomic E-state index is 5.40. The number of nitrogens with one attached hydrogen (secondary N) is 1. The quantitative estimate of drug-likeness (QED) is 0.921. The maximum absolute atomic E-state index is 5.40. The maximum Gasteiger partial charge on any atom is 0.177 e. The van der Waals surface area contributed by atoms with Gasteiger partial charge in [0.2, 0.25) is 0 Å². The van der Waals surface area contributed by atoms with E-state index in [1.807, 2.05) is 6.07 Å². The molecular formula is C13H17N3OS. The van der Waals surface area contributed by atoms with E-state index in [0.717, 1.165) is 42.5 Å². The SMILES string of the molecule is C[C@H]1CNCCN1Cc1cc(-c2cccs2)on1. The summed E-state index contributed by atoms with van der Waals surface area (Å²) in [6, 6.07) is 6.70. The molecule has 1 N–H and O–H groups in total. The van der Waals surface area contributed by atoms with Gasteiger partial charge in [0.15, 0.2) is 5.76 Å². The fraction of sp³-hybridized carbons (Fsp3) is 0.462. The lowest BCUT2D eigenvalue weighted by Crippen LogP contribution is -2.49. The van der Waals surface area contributed by atoms with Crippen molar-refractivity contribution in [3.8, 4) is 10.6 Å². The second-order valence-corrected chi connectivity index (χ2v) is 5.63. The summed E-state index contributed by atoms with van der Waals surface area (Å²) < 4.78 is 5.40. The standard InChI is InChI=1S/C13H17N3OS/c1-10-8-14-4-5-16(10)9-11-7-12(17-15-11)13-3-2-6-18-13/h2-3,6-7,10,14H,4-5,8-9H2,1H3/t10-/m0/s1. The summed E-state index contributed by atoms with van der Waals surface area (Å²) in [5.74, 6) is 0.878. The van der Waals surface area contributed by atoms with Crippen molar-refractivity contribution >= 4 is 11.3 Å². The van der Waals surface area contributed by atoms with Crippen LogP contribution in [-0.2, 0) is 6.54 Å². The summed E-state index contributed by atoms with van der Waals surface area (Å²) in [5, 5.41) is 9.62. The number of hydrogen-bond donors (Lipinski definition) is 1. The highest BCUT2D eigenvalue weighted by molar-refractivity contribution is 7.13. The predicted molar refractivity (Wildman–Crippen MR) is 72.6 cm³/mol. The van der Waals surface area contributed by atoms with Crippen LogP contribution in [0.4, 0.5) is 0 Å². The van der Waals surface area contributed by atoms with Gasteiger partial charge in [-0.2, -0.15) is 0 Å². The first-order valence-corrected chi connectivity index (χ1v) is 7.15. The topological polar surface area (TPSA) is 41.3 Å². The molecule has 3 rings (SSSR count). The molecule has 0 spiro atoms. The fourth-order valence-electron chi connectivity index (χ4n) is 2.25. The van der Waals surface area contributed by atoms with Crippen molar-refractivity contribution in [3.63, 3.8) is 0 Å². The Labute approximate surface area is 111 Å². The molecule has 1 atom stereocenters. The Bertz CT molecular complexity index is 494. The molecular weight excluding hydrogens is 246 g/mol. The molecule has 0 unspecified atom stereocenters. The van der Waals surface area contributed by atoms with Crippen molar-refractivity contribution in [2.75, 3.05) is 19.6 Å². The molecule has 1 saturated heterocycles. The van der Waals surface area contributed by atoms with Crippen LogP contribution in [0.3, 0.4) is 0 Å². The molecule has 0 aliphatic carbocycles. The van der Waals surface area contributed by atoms with Crippen LogP contribution in [0.2, 0.25) is 0 Å². The van der Waals surface area contributed by atoms with E-state index in [1.165, 1.54) is 0 Å². The molecule has 96 valence electrons. The first-order chi connectivity index (χ1) is 8.83. The van der Waals surface area contributed by atoms with Gasteiger partial charge in [-0.3, -0.25) is 4.90 Å². The number of piperazine rings is 1. The molecule has 5 heteroatoms. The summed E-state index contributed by atoms with van der Waals surface area (Å²) in [5.41, 5.74) is 1.02. The number of thiophene rings is 1. The van der Waals surface area contributed by atoms with Crippen LogP contribution in [0.25, 0.3) is 10.6 Å². The third-order valence-electron chi connectivity index (χ3n) is 3.33. The molecule has 18 heavy (non-hydrogen) atoms. The second kappa shape index (κ2) is 5.22. The van der Waals surface area contributed by atoms with Gasteiger partial charge in [-0.15, -0.1) is 11.3 Å². The highest BCUT2D eigenvalue weighted by Crippen LogP contribution is 2.25. The van der Waals surface area contributed by atoms with Crippen LogP contribution in [-0.4, -0.2) is 35.7 Å². The van der Waals surface area contributed by atoms with Gasteiger partial charge in [0.05, 0.1) is 10.6 Å². The van der Waals surface area contributed by atoms with Gasteiger partial charge in [0.25, 0.3) is 0 Å². The third kappa shape index (κ3) is 2.48. The lowest BCUT2D eigenvalue weighted by Gasteiger charge is -2.33. The number of aromatic nitrogens is 1. The van der Waals surface area contributed by atoms with E-state index in [4.69, 9.17) is 4.52 Å². The fourth-order valence-corrected chi connectivity index (χ4v) is 2.92. The van der Waals surface area contributed by atoms with Crippen molar-refractivity contribution in [2.45, 2.75) is 19.5 Å². The molecule has 0 amide bonds. The molecule has 1 fully saturated rings. The van der Waals surface area contributed by atoms with Crippen LogP contribution in [0, 0.1) is 0 Å². The van der Waals surface area contributed by atoms with Gasteiger partial charge in [0.1, 0.15) is 0 Å². The lowest BCUT2D eigenvalue weighted by molar-refractivity contribution is 0.161. The molecule has 1 aliphatic rings. The first kappa shape index (κ1) is 11.9. The third-order valence-corrected chi connectivity index (χ3v) is 4.21. The molecule has 0 bridgehead atoms. The normalized spacial score (nSPS) is 21.3. The highest BCUT2D eigenvalue weighted by atomic mass is 32.1. The Hall–Kier alpha value is -1.17. The zero-order valence-corrected chi connectivity index (χ0v) is 11.2. The van der Waals surface area contributed by atoms with Crippen molar-refractivity contribution in [2.24, 2.45) is 0 Å². The smallest absolute Gasteiger partial charge is 0.177 e. The van der Waals surface area contributed by atoms with Gasteiger partial charge >= 0.3 is 0 Å². The van der Waals surface area contributed by atoms with Gasteiger partial charge in [0, 0.05) is 38.3 Å². The zero-order valence-electron chi connectivity index (χ0n) is 10.4. The van der Waals surface area contributed by atoms with Crippen molar-refractivity contribution < 1.29 is 4.52 Å². The Morgan fingerprint density at radius 3 is 3.33 bits per heavy atom. The van der Waals surface area contributed by atoms with Crippen LogP contribution >= 0.6 is 11.3 Å². The molecule has 2 aromatic rings. The van der Waals surface area contributed by atoms with E-state index in [-0.39, 0.29) is 0 Å². The monoisotopic (exact) mass is 263 g/mol. The van der Waals surface area contributed by atoms with Gasteiger partial charge in [-0.1, -0.05) is 11.2 Å². The van der Waals surface area contributed by atoms with Crippen molar-refractivity contribution in [1.29, 1.82) is 0 Å². The van der Waals surface area contributed by atoms with E-state index in [0.29, 0.717) is 6.04 Å². The Kier molecular flexibility index (Phi) is 3.45. The Balaban J connectivity index is 1.70. The zero-order chi connectivity index (χ0) is 12.4. The molecule has 0 saturated carbocycles. The predicted octanol–water partition coefficient (Wildman–Crippen LogP) is 2.20. The summed E-state index contributed by atoms with van der Waals surface area (Å²) in [6.45, 7) is 6.29. The highest BCUT2D eigenvalue weighted by Gasteiger charge is 2.19. The van der Waals surface area contributed by atoms with Gasteiger partial charge in [-0.25, -0.2) is 0 Å². The van der Waals surface area contributed by atoms with Crippen LogP contribution in [0.15, 0.2) is 28.1 Å². The first-order valence-electron chi connectivity index (χ1n) is 6.27. The van der Waals surface area contributed by atoms with E-state index >= 15 is 0 Å². The Morgan fingerprint density at radius 2 is 2.56 bits per heavy atom. The minimum atomic E-state index is 0.556. The largest absolute Gasteiger partial charge is 0.355 e. The van der Waals surface area contributed by atoms with E-state index < -0.39 is 0 Å². The average Bonchev–Trinajstić information content (AvgIpc) is 3.02. The summed E-state index contributed by atoms with van der Waals surface area (Å²) in [4.78, 5) is 3.58. The molecule has 1 aliphatic heterocycles. The lowest BCUT2D eigenvalue weighted by atomic mass is 10.2. The Morgan fingerprint density at radius 1 is 1.61 bits per heavy atom. The van der Waals surface area contributed by atoms with E-state index in [2.05, 4.69) is 39.8 Å². The summed E-state index contributed by atoms with van der Waals surface area (Å²) >= 11 is 1.68. The second-order valence-electron chi connectivity index (χ2n) is 4.68.